The lowest BCUT2D eigenvalue weighted by atomic mass is 10.2. The molecule has 104 valence electrons. The maximum Gasteiger partial charge on any atom is 0.266 e. The van der Waals surface area contributed by atoms with Crippen molar-refractivity contribution in [2.75, 3.05) is 12.3 Å². The molecule has 1 rings (SSSR count). The van der Waals surface area contributed by atoms with Crippen LogP contribution in [0.3, 0.4) is 0 Å². The van der Waals surface area contributed by atoms with Gasteiger partial charge in [0.2, 0.25) is 5.91 Å². The second-order valence-electron chi connectivity index (χ2n) is 3.66. The van der Waals surface area contributed by atoms with Crippen molar-refractivity contribution in [1.82, 2.24) is 5.32 Å². The van der Waals surface area contributed by atoms with Gasteiger partial charge in [0.15, 0.2) is 11.5 Å². The van der Waals surface area contributed by atoms with Gasteiger partial charge in [-0.05, 0) is 23.8 Å². The largest absolute Gasteiger partial charge is 0.504 e. The maximum atomic E-state index is 11.3. The van der Waals surface area contributed by atoms with E-state index in [4.69, 9.17) is 9.66 Å². The summed E-state index contributed by atoms with van der Waals surface area (Å²) in [5, 5.41) is 20.6. The Bertz CT molecular complexity index is 593. The molecule has 8 heteroatoms. The average Bonchev–Trinajstić information content (AvgIpc) is 2.29. The topological polar surface area (TPSA) is 124 Å². The fraction of sp³-hybridized carbons (Fsp3) is 0.182. The third kappa shape index (κ3) is 5.89. The van der Waals surface area contributed by atoms with Crippen molar-refractivity contribution < 1.29 is 28.0 Å². The zero-order valence-electron chi connectivity index (χ0n) is 9.78. The van der Waals surface area contributed by atoms with Crippen LogP contribution in [0.4, 0.5) is 0 Å². The fourth-order valence-electron chi connectivity index (χ4n) is 1.18. The van der Waals surface area contributed by atoms with Gasteiger partial charge in [-0.15, -0.1) is 0 Å². The van der Waals surface area contributed by atoms with Crippen LogP contribution in [0, 0.1) is 0 Å². The summed E-state index contributed by atoms with van der Waals surface area (Å²) in [6.07, 6.45) is 2.51. The molecule has 0 bridgehead atoms. The van der Waals surface area contributed by atoms with Crippen molar-refractivity contribution in [2.45, 2.75) is 0 Å². The number of rotatable bonds is 5. The predicted molar refractivity (Wildman–Crippen MR) is 68.2 cm³/mol. The van der Waals surface area contributed by atoms with Gasteiger partial charge in [0.1, 0.15) is 0 Å². The van der Waals surface area contributed by atoms with Crippen LogP contribution in [-0.2, 0) is 14.9 Å². The molecule has 0 spiro atoms. The lowest BCUT2D eigenvalue weighted by molar-refractivity contribution is -0.116. The first-order valence-corrected chi connectivity index (χ1v) is 6.82. The number of nitrogens with one attached hydrogen (secondary N) is 1. The molecule has 19 heavy (non-hydrogen) atoms. The number of phenolic OH excluding ortho intramolecular Hbond substituents is 2. The average molecular weight is 287 g/mol. The molecule has 0 saturated carbocycles. The minimum absolute atomic E-state index is 0.206. The van der Waals surface area contributed by atoms with Crippen molar-refractivity contribution in [3.63, 3.8) is 0 Å². The van der Waals surface area contributed by atoms with Gasteiger partial charge in [0, 0.05) is 12.6 Å². The normalized spacial score (nSPS) is 11.6. The fourth-order valence-corrected chi connectivity index (χ4v) is 1.54. The van der Waals surface area contributed by atoms with E-state index >= 15 is 0 Å². The SMILES string of the molecule is O=C(C=Cc1ccc(O)c(O)c1)NCCS(=O)(=O)O. The Hall–Kier alpha value is -2.06. The molecule has 0 aliphatic rings. The summed E-state index contributed by atoms with van der Waals surface area (Å²) in [6, 6.07) is 4.01. The molecule has 1 aromatic rings. The lowest BCUT2D eigenvalue weighted by Crippen LogP contribution is -2.27. The quantitative estimate of drug-likeness (QED) is 0.346. The molecular formula is C11H13NO6S. The third-order valence-corrected chi connectivity index (χ3v) is 2.81. The van der Waals surface area contributed by atoms with Gasteiger partial charge in [-0.3, -0.25) is 9.35 Å². The smallest absolute Gasteiger partial charge is 0.266 e. The Kier molecular flexibility index (Phi) is 4.90. The molecule has 0 unspecified atom stereocenters. The molecule has 4 N–H and O–H groups in total. The van der Waals surface area contributed by atoms with E-state index in [2.05, 4.69) is 5.32 Å². The Morgan fingerprint density at radius 3 is 2.53 bits per heavy atom. The van der Waals surface area contributed by atoms with Crippen molar-refractivity contribution in [2.24, 2.45) is 0 Å². The minimum atomic E-state index is -4.10. The van der Waals surface area contributed by atoms with E-state index in [9.17, 15) is 18.3 Å². The highest BCUT2D eigenvalue weighted by molar-refractivity contribution is 7.85. The van der Waals surface area contributed by atoms with Crippen molar-refractivity contribution in [3.05, 3.63) is 29.8 Å². The molecule has 0 heterocycles. The van der Waals surface area contributed by atoms with Crippen LogP contribution in [0.5, 0.6) is 11.5 Å². The second kappa shape index (κ2) is 6.21. The van der Waals surface area contributed by atoms with E-state index < -0.39 is 21.8 Å². The number of hydrogen-bond donors (Lipinski definition) is 4. The highest BCUT2D eigenvalue weighted by Gasteiger charge is 2.04. The first-order valence-electron chi connectivity index (χ1n) is 5.21. The highest BCUT2D eigenvalue weighted by Crippen LogP contribution is 2.25. The van der Waals surface area contributed by atoms with Crippen LogP contribution in [0.1, 0.15) is 5.56 Å². The maximum absolute atomic E-state index is 11.3. The third-order valence-electron chi connectivity index (χ3n) is 2.09. The van der Waals surface area contributed by atoms with Gasteiger partial charge >= 0.3 is 0 Å². The molecule has 0 saturated heterocycles. The summed E-state index contributed by atoms with van der Waals surface area (Å²) in [6.45, 7) is -0.206. The van der Waals surface area contributed by atoms with Gasteiger partial charge in [0.05, 0.1) is 5.75 Å². The summed E-state index contributed by atoms with van der Waals surface area (Å²) in [5.41, 5.74) is 0.486. The molecule has 0 fully saturated rings. The Morgan fingerprint density at radius 2 is 1.95 bits per heavy atom. The van der Waals surface area contributed by atoms with Crippen LogP contribution in [0.2, 0.25) is 0 Å². The number of hydrogen-bond acceptors (Lipinski definition) is 5. The molecule has 1 aromatic carbocycles. The number of benzene rings is 1. The summed E-state index contributed by atoms with van der Waals surface area (Å²) >= 11 is 0. The number of aromatic hydroxyl groups is 2. The Balaban J connectivity index is 2.52. The molecule has 0 radical (unpaired) electrons. The molecule has 0 aliphatic heterocycles. The Labute approximate surface area is 109 Å². The predicted octanol–water partition coefficient (Wildman–Crippen LogP) is 0.115. The van der Waals surface area contributed by atoms with Gasteiger partial charge < -0.3 is 15.5 Å². The summed E-state index contributed by atoms with van der Waals surface area (Å²) in [4.78, 5) is 11.3. The van der Waals surface area contributed by atoms with E-state index in [0.29, 0.717) is 5.56 Å². The van der Waals surface area contributed by atoms with Crippen LogP contribution < -0.4 is 5.32 Å². The number of amides is 1. The minimum Gasteiger partial charge on any atom is -0.504 e. The monoisotopic (exact) mass is 287 g/mol. The summed E-state index contributed by atoms with van der Waals surface area (Å²) in [7, 11) is -4.10. The van der Waals surface area contributed by atoms with E-state index in [1.54, 1.807) is 0 Å². The number of carbonyl (C=O) groups excluding carboxylic acids is 1. The van der Waals surface area contributed by atoms with Crippen LogP contribution in [0.25, 0.3) is 6.08 Å². The van der Waals surface area contributed by atoms with E-state index in [1.807, 2.05) is 0 Å². The van der Waals surface area contributed by atoms with Crippen LogP contribution in [-0.4, -0.2) is 41.4 Å². The zero-order valence-corrected chi connectivity index (χ0v) is 10.6. The molecule has 0 atom stereocenters. The van der Waals surface area contributed by atoms with E-state index in [1.165, 1.54) is 24.3 Å². The van der Waals surface area contributed by atoms with Gasteiger partial charge in [-0.2, -0.15) is 8.42 Å². The first-order chi connectivity index (χ1) is 8.78. The molecular weight excluding hydrogens is 274 g/mol. The molecule has 0 aliphatic carbocycles. The van der Waals surface area contributed by atoms with Crippen molar-refractivity contribution >= 4 is 22.1 Å². The standard InChI is InChI=1S/C11H13NO6S/c13-9-3-1-8(7-10(9)14)2-4-11(15)12-5-6-19(16,17)18/h1-4,7,13-14H,5-6H2,(H,12,15)(H,16,17,18). The van der Waals surface area contributed by atoms with E-state index in [-0.39, 0.29) is 18.0 Å². The highest BCUT2D eigenvalue weighted by atomic mass is 32.2. The van der Waals surface area contributed by atoms with Gasteiger partial charge in [0.25, 0.3) is 10.1 Å². The lowest BCUT2D eigenvalue weighted by Gasteiger charge is -2.00. The van der Waals surface area contributed by atoms with Gasteiger partial charge in [-0.1, -0.05) is 6.07 Å². The Morgan fingerprint density at radius 1 is 1.26 bits per heavy atom. The molecule has 1 amide bonds. The number of carbonyl (C=O) groups is 1. The molecule has 0 aromatic heterocycles. The van der Waals surface area contributed by atoms with Crippen LogP contribution in [0.15, 0.2) is 24.3 Å². The summed E-state index contributed by atoms with van der Waals surface area (Å²) in [5.74, 6) is -1.69. The zero-order chi connectivity index (χ0) is 14.5. The van der Waals surface area contributed by atoms with Gasteiger partial charge in [-0.25, -0.2) is 0 Å². The van der Waals surface area contributed by atoms with Crippen LogP contribution >= 0.6 is 0 Å². The molecule has 7 nitrogen and oxygen atoms in total. The van der Waals surface area contributed by atoms with Crippen molar-refractivity contribution in [1.29, 1.82) is 0 Å². The van der Waals surface area contributed by atoms with E-state index in [0.717, 1.165) is 6.08 Å². The summed E-state index contributed by atoms with van der Waals surface area (Å²) < 4.78 is 29.2. The number of phenols is 2. The second-order valence-corrected chi connectivity index (χ2v) is 5.23. The first kappa shape index (κ1) is 15.0. The van der Waals surface area contributed by atoms with Crippen molar-refractivity contribution in [3.8, 4) is 11.5 Å².